The highest BCUT2D eigenvalue weighted by Gasteiger charge is 2.44. The van der Waals surface area contributed by atoms with E-state index in [0.717, 1.165) is 12.8 Å². The number of carboxylic acids is 1. The first kappa shape index (κ1) is 23.6. The fraction of sp³-hybridized carbons (Fsp3) is 0.733. The lowest BCUT2D eigenvalue weighted by atomic mass is 9.87. The first-order valence-corrected chi connectivity index (χ1v) is 8.70. The summed E-state index contributed by atoms with van der Waals surface area (Å²) in [5.74, 6) is -2.14. The number of guanidine groups is 2. The third-order valence-electron chi connectivity index (χ3n) is 3.70. The number of carboxylic acid groups (broad SMARTS) is 1. The highest BCUT2D eigenvalue weighted by Crippen LogP contribution is 2.17. The van der Waals surface area contributed by atoms with E-state index in [2.05, 4.69) is 21.5 Å². The molecular weight excluding hydrogens is 340 g/mol. The molecule has 0 aliphatic carbocycles. The van der Waals surface area contributed by atoms with Gasteiger partial charge in [0.25, 0.3) is 0 Å². The summed E-state index contributed by atoms with van der Waals surface area (Å²) in [7, 11) is 0. The lowest BCUT2D eigenvalue weighted by Gasteiger charge is -2.30. The van der Waals surface area contributed by atoms with Crippen molar-refractivity contribution < 1.29 is 14.7 Å². The number of ketones is 1. The molecule has 26 heavy (non-hydrogen) atoms. The van der Waals surface area contributed by atoms with Crippen LogP contribution in [0.25, 0.3) is 0 Å². The van der Waals surface area contributed by atoms with E-state index in [4.69, 9.17) is 22.3 Å². The zero-order valence-electron chi connectivity index (χ0n) is 15.3. The van der Waals surface area contributed by atoms with Crippen LogP contribution < -0.4 is 33.0 Å². The quantitative estimate of drug-likeness (QED) is 0.0590. The molecule has 0 aromatic carbocycles. The average molecular weight is 372 g/mol. The lowest BCUT2D eigenvalue weighted by molar-refractivity contribution is -0.151. The minimum Gasteiger partial charge on any atom is -0.479 e. The van der Waals surface area contributed by atoms with Gasteiger partial charge in [-0.2, -0.15) is 0 Å². The standard InChI is InChI=1S/C15H32N8O3/c1-2-6-11(24)15(12(25)26,7-5-10-20-13(17)18)23-22-14(19)21-9-4-3-8-16/h23H,2-10,16H2,1H3,(H,25,26)(H4,17,18,20)(H3,19,21,22)/t15-/m1/s1. The fourth-order valence-electron chi connectivity index (χ4n) is 2.26. The largest absolute Gasteiger partial charge is 0.479 e. The molecule has 0 aromatic heterocycles. The Bertz CT molecular complexity index is 486. The minimum atomic E-state index is -1.86. The van der Waals surface area contributed by atoms with E-state index < -0.39 is 17.3 Å². The van der Waals surface area contributed by atoms with E-state index in [1.165, 1.54) is 0 Å². The molecule has 11 heteroatoms. The molecule has 150 valence electrons. The first-order chi connectivity index (χ1) is 12.3. The summed E-state index contributed by atoms with van der Waals surface area (Å²) in [6, 6.07) is 0. The molecular formula is C15H32N8O3. The van der Waals surface area contributed by atoms with Gasteiger partial charge < -0.3 is 27.2 Å². The Morgan fingerprint density at radius 3 is 2.31 bits per heavy atom. The fourth-order valence-corrected chi connectivity index (χ4v) is 2.26. The minimum absolute atomic E-state index is 0.0189. The number of hydrogen-bond acceptors (Lipinski definition) is 6. The number of hydrogen-bond donors (Lipinski definition) is 9. The van der Waals surface area contributed by atoms with Gasteiger partial charge in [-0.3, -0.25) is 21.0 Å². The molecule has 0 aliphatic rings. The maximum atomic E-state index is 12.5. The smallest absolute Gasteiger partial charge is 0.333 e. The molecule has 11 nitrogen and oxygen atoms in total. The number of carbonyl (C=O) groups is 2. The predicted octanol–water partition coefficient (Wildman–Crippen LogP) is -1.20. The van der Waals surface area contributed by atoms with Crippen molar-refractivity contribution in [3.63, 3.8) is 0 Å². The van der Waals surface area contributed by atoms with Gasteiger partial charge in [-0.1, -0.05) is 6.92 Å². The van der Waals surface area contributed by atoms with Gasteiger partial charge in [0.1, 0.15) is 0 Å². The summed E-state index contributed by atoms with van der Waals surface area (Å²) in [6.07, 6.45) is 2.47. The van der Waals surface area contributed by atoms with E-state index in [9.17, 15) is 14.7 Å². The maximum Gasteiger partial charge on any atom is 0.333 e. The van der Waals surface area contributed by atoms with Gasteiger partial charge in [0, 0.05) is 19.5 Å². The number of aliphatic carboxylic acids is 1. The van der Waals surface area contributed by atoms with Crippen molar-refractivity contribution in [1.29, 1.82) is 10.8 Å². The first-order valence-electron chi connectivity index (χ1n) is 8.70. The van der Waals surface area contributed by atoms with E-state index in [1.54, 1.807) is 6.92 Å². The normalized spacial score (nSPS) is 12.7. The number of nitrogens with one attached hydrogen (secondary N) is 6. The summed E-state index contributed by atoms with van der Waals surface area (Å²) < 4.78 is 0. The van der Waals surface area contributed by atoms with E-state index >= 15 is 0 Å². The number of hydrazine groups is 1. The number of Topliss-reactive ketones (excluding diaryl/α,β-unsaturated/α-hetero) is 1. The Labute approximate surface area is 153 Å². The van der Waals surface area contributed by atoms with Crippen LogP contribution in [0.3, 0.4) is 0 Å². The van der Waals surface area contributed by atoms with Crippen LogP contribution in [0.4, 0.5) is 0 Å². The average Bonchev–Trinajstić information content (AvgIpc) is 2.58. The van der Waals surface area contributed by atoms with Crippen LogP contribution in [0.1, 0.15) is 45.4 Å². The van der Waals surface area contributed by atoms with Crippen LogP contribution >= 0.6 is 0 Å². The molecule has 11 N–H and O–H groups in total. The van der Waals surface area contributed by atoms with Gasteiger partial charge in [-0.05, 0) is 38.6 Å². The van der Waals surface area contributed by atoms with Crippen molar-refractivity contribution in [2.75, 3.05) is 19.6 Å². The second-order valence-electron chi connectivity index (χ2n) is 5.88. The van der Waals surface area contributed by atoms with Crippen LogP contribution in [0.5, 0.6) is 0 Å². The summed E-state index contributed by atoms with van der Waals surface area (Å²) in [6.45, 7) is 3.12. The number of carbonyl (C=O) groups excluding carboxylic acids is 1. The molecule has 0 heterocycles. The summed E-state index contributed by atoms with van der Waals surface area (Å²) in [5.41, 5.74) is 13.7. The SMILES string of the molecule is CCCC(=O)[C@@](CCCNC(=N)N)(NNC(=N)NCCCCN)C(=O)O. The van der Waals surface area contributed by atoms with Crippen LogP contribution in [0, 0.1) is 10.8 Å². The molecule has 0 spiro atoms. The molecule has 0 unspecified atom stereocenters. The van der Waals surface area contributed by atoms with Crippen molar-refractivity contribution >= 4 is 23.7 Å². The van der Waals surface area contributed by atoms with Gasteiger partial charge in [0.15, 0.2) is 17.3 Å². The van der Waals surface area contributed by atoms with Crippen LogP contribution in [0.15, 0.2) is 0 Å². The summed E-state index contributed by atoms with van der Waals surface area (Å²) >= 11 is 0. The molecule has 0 amide bonds. The van der Waals surface area contributed by atoms with Gasteiger partial charge in [-0.15, -0.1) is 0 Å². The van der Waals surface area contributed by atoms with Crippen molar-refractivity contribution in [2.24, 2.45) is 11.5 Å². The van der Waals surface area contributed by atoms with Crippen LogP contribution in [-0.4, -0.2) is 54.0 Å². The monoisotopic (exact) mass is 372 g/mol. The highest BCUT2D eigenvalue weighted by molar-refractivity contribution is 6.08. The van der Waals surface area contributed by atoms with Gasteiger partial charge in [0.05, 0.1) is 0 Å². The van der Waals surface area contributed by atoms with E-state index in [1.807, 2.05) is 0 Å². The lowest BCUT2D eigenvalue weighted by Crippen LogP contribution is -2.65. The number of unbranched alkanes of at least 4 members (excludes halogenated alkanes) is 1. The Morgan fingerprint density at radius 2 is 1.77 bits per heavy atom. The number of nitrogens with two attached hydrogens (primary N) is 2. The molecule has 0 saturated carbocycles. The predicted molar refractivity (Wildman–Crippen MR) is 99.7 cm³/mol. The van der Waals surface area contributed by atoms with E-state index in [0.29, 0.717) is 25.9 Å². The van der Waals surface area contributed by atoms with Crippen LogP contribution in [-0.2, 0) is 9.59 Å². The van der Waals surface area contributed by atoms with Crippen LogP contribution in [0.2, 0.25) is 0 Å². The van der Waals surface area contributed by atoms with Gasteiger partial charge >= 0.3 is 5.97 Å². The molecule has 0 aliphatic heterocycles. The zero-order valence-corrected chi connectivity index (χ0v) is 15.3. The zero-order chi connectivity index (χ0) is 20.0. The van der Waals surface area contributed by atoms with E-state index in [-0.39, 0.29) is 31.3 Å². The Kier molecular flexibility index (Phi) is 11.7. The van der Waals surface area contributed by atoms with Crippen molar-refractivity contribution in [1.82, 2.24) is 21.5 Å². The second kappa shape index (κ2) is 12.9. The van der Waals surface area contributed by atoms with Crippen molar-refractivity contribution in [2.45, 2.75) is 51.0 Å². The molecule has 0 saturated heterocycles. The maximum absolute atomic E-state index is 12.5. The molecule has 0 rings (SSSR count). The van der Waals surface area contributed by atoms with Gasteiger partial charge in [-0.25, -0.2) is 10.2 Å². The Balaban J connectivity index is 4.88. The Hall–Kier alpha value is -2.40. The van der Waals surface area contributed by atoms with Crippen molar-refractivity contribution in [3.8, 4) is 0 Å². The third kappa shape index (κ3) is 8.62. The Morgan fingerprint density at radius 1 is 1.12 bits per heavy atom. The summed E-state index contributed by atoms with van der Waals surface area (Å²) in [5, 5.41) is 29.9. The summed E-state index contributed by atoms with van der Waals surface area (Å²) in [4.78, 5) is 24.3. The molecule has 0 aromatic rings. The molecule has 0 bridgehead atoms. The van der Waals surface area contributed by atoms with Crippen molar-refractivity contribution in [3.05, 3.63) is 0 Å². The topological polar surface area (TPSA) is 202 Å². The molecule has 0 radical (unpaired) electrons. The molecule has 0 fully saturated rings. The number of rotatable bonds is 14. The second-order valence-corrected chi connectivity index (χ2v) is 5.88. The molecule has 1 atom stereocenters. The van der Waals surface area contributed by atoms with Gasteiger partial charge in [0.2, 0.25) is 5.96 Å². The third-order valence-corrected chi connectivity index (χ3v) is 3.70. The highest BCUT2D eigenvalue weighted by atomic mass is 16.4.